The van der Waals surface area contributed by atoms with Crippen LogP contribution in [-0.4, -0.2) is 31.0 Å². The summed E-state index contributed by atoms with van der Waals surface area (Å²) in [6.45, 7) is 5.60. The summed E-state index contributed by atoms with van der Waals surface area (Å²) in [7, 11) is 1.57. The molecule has 0 heterocycles. The fourth-order valence-corrected chi connectivity index (χ4v) is 0.851. The molecule has 0 rings (SSSR count). The quantitative estimate of drug-likeness (QED) is 0.203. The minimum atomic E-state index is -0.461. The lowest BCUT2D eigenvalue weighted by atomic mass is 10.3. The van der Waals surface area contributed by atoms with Crippen molar-refractivity contribution >= 4 is 11.9 Å². The number of guanidine groups is 1. The summed E-state index contributed by atoms with van der Waals surface area (Å²) in [6, 6.07) is -0.251. The van der Waals surface area contributed by atoms with Gasteiger partial charge in [0.05, 0.1) is 0 Å². The number of hydrogen-bond acceptors (Lipinski definition) is 3. The Bertz CT molecular complexity index is 214. The molecule has 82 valence electrons. The van der Waals surface area contributed by atoms with Crippen LogP contribution >= 0.6 is 0 Å². The van der Waals surface area contributed by atoms with Crippen LogP contribution in [0.15, 0.2) is 4.99 Å². The molecular formula is C8H19N5O. The first-order valence-electron chi connectivity index (χ1n) is 4.53. The van der Waals surface area contributed by atoms with Gasteiger partial charge in [-0.05, 0) is 20.8 Å². The van der Waals surface area contributed by atoms with E-state index in [9.17, 15) is 4.79 Å². The first-order valence-corrected chi connectivity index (χ1v) is 4.53. The molecule has 0 radical (unpaired) electrons. The van der Waals surface area contributed by atoms with Crippen molar-refractivity contribution in [1.82, 2.24) is 16.1 Å². The molecule has 6 heteroatoms. The summed E-state index contributed by atoms with van der Waals surface area (Å²) in [6.07, 6.45) is 0. The van der Waals surface area contributed by atoms with E-state index in [0.29, 0.717) is 5.96 Å². The monoisotopic (exact) mass is 201 g/mol. The molecule has 0 saturated carbocycles. The fraction of sp³-hybridized carbons (Fsp3) is 0.750. The van der Waals surface area contributed by atoms with E-state index in [1.54, 1.807) is 14.0 Å². The third-order valence-electron chi connectivity index (χ3n) is 1.51. The molecule has 0 aliphatic carbocycles. The van der Waals surface area contributed by atoms with Crippen molar-refractivity contribution in [1.29, 1.82) is 0 Å². The van der Waals surface area contributed by atoms with Gasteiger partial charge in [0.1, 0.15) is 6.04 Å². The van der Waals surface area contributed by atoms with Crippen molar-refractivity contribution in [3.8, 4) is 0 Å². The van der Waals surface area contributed by atoms with E-state index >= 15 is 0 Å². The van der Waals surface area contributed by atoms with Gasteiger partial charge >= 0.3 is 0 Å². The molecule has 6 nitrogen and oxygen atoms in total. The maximum atomic E-state index is 11.1. The minimum absolute atomic E-state index is 0.150. The number of hydrogen-bond donors (Lipinski definition) is 4. The molecule has 0 aromatic carbocycles. The molecule has 1 atom stereocenters. The molecule has 0 aromatic rings. The highest BCUT2D eigenvalue weighted by molar-refractivity contribution is 5.86. The fourth-order valence-electron chi connectivity index (χ4n) is 0.851. The molecule has 0 aromatic heterocycles. The van der Waals surface area contributed by atoms with E-state index in [2.05, 4.69) is 21.1 Å². The SMILES string of the molecule is CNC(=O)C(C)N=C(NN)NC(C)C. The molecule has 0 saturated heterocycles. The van der Waals surface area contributed by atoms with E-state index in [-0.39, 0.29) is 11.9 Å². The molecule has 0 aliphatic heterocycles. The van der Waals surface area contributed by atoms with Crippen LogP contribution in [0.25, 0.3) is 0 Å². The third kappa shape index (κ3) is 4.66. The zero-order chi connectivity index (χ0) is 11.1. The molecule has 0 bridgehead atoms. The van der Waals surface area contributed by atoms with E-state index in [0.717, 1.165) is 0 Å². The number of nitrogens with two attached hydrogens (primary N) is 1. The summed E-state index contributed by atoms with van der Waals surface area (Å²) in [5.41, 5.74) is 2.40. The Hall–Kier alpha value is -1.30. The predicted molar refractivity (Wildman–Crippen MR) is 56.6 cm³/mol. The number of nitrogens with one attached hydrogen (secondary N) is 3. The maximum absolute atomic E-state index is 11.1. The van der Waals surface area contributed by atoms with Crippen LogP contribution in [0.3, 0.4) is 0 Å². The van der Waals surface area contributed by atoms with Gasteiger partial charge in [0.2, 0.25) is 11.9 Å². The van der Waals surface area contributed by atoms with Gasteiger partial charge in [-0.2, -0.15) is 0 Å². The smallest absolute Gasteiger partial charge is 0.244 e. The molecular weight excluding hydrogens is 182 g/mol. The number of aliphatic imine (C=N–C) groups is 1. The highest BCUT2D eigenvalue weighted by atomic mass is 16.2. The van der Waals surface area contributed by atoms with Crippen molar-refractivity contribution < 1.29 is 4.79 Å². The predicted octanol–water partition coefficient (Wildman–Crippen LogP) is -1.06. The van der Waals surface area contributed by atoms with Gasteiger partial charge in [0, 0.05) is 13.1 Å². The van der Waals surface area contributed by atoms with Crippen LogP contribution < -0.4 is 21.9 Å². The van der Waals surface area contributed by atoms with Crippen LogP contribution in [0.4, 0.5) is 0 Å². The van der Waals surface area contributed by atoms with Crippen molar-refractivity contribution in [3.05, 3.63) is 0 Å². The van der Waals surface area contributed by atoms with E-state index in [1.165, 1.54) is 0 Å². The third-order valence-corrected chi connectivity index (χ3v) is 1.51. The minimum Gasteiger partial charge on any atom is -0.357 e. The average molecular weight is 201 g/mol. The molecule has 1 amide bonds. The summed E-state index contributed by atoms with van der Waals surface area (Å²) in [4.78, 5) is 15.2. The summed E-state index contributed by atoms with van der Waals surface area (Å²) < 4.78 is 0. The Morgan fingerprint density at radius 1 is 1.36 bits per heavy atom. The standard InChI is InChI=1S/C8H19N5O/c1-5(2)11-8(13-9)12-6(3)7(14)10-4/h5-6H,9H2,1-4H3,(H,10,14)(H2,11,12,13). The summed E-state index contributed by atoms with van der Waals surface area (Å²) >= 11 is 0. The normalized spacial score (nSPS) is 13.7. The van der Waals surface area contributed by atoms with E-state index in [4.69, 9.17) is 5.84 Å². The lowest BCUT2D eigenvalue weighted by Crippen LogP contribution is -2.46. The van der Waals surface area contributed by atoms with Crippen LogP contribution in [0, 0.1) is 0 Å². The van der Waals surface area contributed by atoms with Gasteiger partial charge in [0.25, 0.3) is 0 Å². The van der Waals surface area contributed by atoms with Crippen molar-refractivity contribution in [2.75, 3.05) is 7.05 Å². The van der Waals surface area contributed by atoms with Gasteiger partial charge in [0.15, 0.2) is 0 Å². The lowest BCUT2D eigenvalue weighted by molar-refractivity contribution is -0.121. The van der Waals surface area contributed by atoms with Gasteiger partial charge in [-0.3, -0.25) is 10.2 Å². The largest absolute Gasteiger partial charge is 0.357 e. The number of rotatable bonds is 3. The molecule has 5 N–H and O–H groups in total. The zero-order valence-corrected chi connectivity index (χ0v) is 9.09. The van der Waals surface area contributed by atoms with E-state index < -0.39 is 6.04 Å². The second-order valence-electron chi connectivity index (χ2n) is 3.21. The highest BCUT2D eigenvalue weighted by Crippen LogP contribution is 1.89. The Morgan fingerprint density at radius 3 is 2.29 bits per heavy atom. The van der Waals surface area contributed by atoms with Crippen LogP contribution in [0.5, 0.6) is 0 Å². The molecule has 0 spiro atoms. The van der Waals surface area contributed by atoms with Crippen LogP contribution in [-0.2, 0) is 4.79 Å². The Kier molecular flexibility index (Phi) is 5.62. The topological polar surface area (TPSA) is 91.5 Å². The second-order valence-corrected chi connectivity index (χ2v) is 3.21. The number of hydrazine groups is 1. The van der Waals surface area contributed by atoms with Gasteiger partial charge in [-0.25, -0.2) is 10.8 Å². The zero-order valence-electron chi connectivity index (χ0n) is 9.09. The Morgan fingerprint density at radius 2 is 1.93 bits per heavy atom. The Balaban J connectivity index is 4.34. The average Bonchev–Trinajstić information content (AvgIpc) is 2.14. The van der Waals surface area contributed by atoms with Crippen molar-refractivity contribution in [3.63, 3.8) is 0 Å². The number of carbonyl (C=O) groups is 1. The summed E-state index contributed by atoms with van der Waals surface area (Å²) in [5.74, 6) is 5.50. The molecule has 14 heavy (non-hydrogen) atoms. The second kappa shape index (κ2) is 6.20. The lowest BCUT2D eigenvalue weighted by Gasteiger charge is -2.13. The molecule has 0 fully saturated rings. The van der Waals surface area contributed by atoms with Gasteiger partial charge in [-0.1, -0.05) is 0 Å². The first kappa shape index (κ1) is 12.7. The number of carbonyl (C=O) groups excluding carboxylic acids is 1. The maximum Gasteiger partial charge on any atom is 0.244 e. The van der Waals surface area contributed by atoms with Gasteiger partial charge in [-0.15, -0.1) is 0 Å². The van der Waals surface area contributed by atoms with Gasteiger partial charge < -0.3 is 10.6 Å². The Labute approximate surface area is 84.3 Å². The highest BCUT2D eigenvalue weighted by Gasteiger charge is 2.10. The van der Waals surface area contributed by atoms with Crippen LogP contribution in [0.1, 0.15) is 20.8 Å². The number of likely N-dealkylation sites (N-methyl/N-ethyl adjacent to an activating group) is 1. The summed E-state index contributed by atoms with van der Waals surface area (Å²) in [5, 5.41) is 5.48. The molecule has 0 aliphatic rings. The van der Waals surface area contributed by atoms with Crippen molar-refractivity contribution in [2.24, 2.45) is 10.8 Å². The molecule has 1 unspecified atom stereocenters. The number of amides is 1. The van der Waals surface area contributed by atoms with Crippen LogP contribution in [0.2, 0.25) is 0 Å². The van der Waals surface area contributed by atoms with E-state index in [1.807, 2.05) is 13.8 Å². The van der Waals surface area contributed by atoms with Crippen molar-refractivity contribution in [2.45, 2.75) is 32.9 Å². The first-order chi connectivity index (χ1) is 6.51. The number of nitrogens with zero attached hydrogens (tertiary/aromatic N) is 1.